The van der Waals surface area contributed by atoms with Crippen molar-refractivity contribution < 1.29 is 23.1 Å². The molecule has 1 N–H and O–H groups in total. The number of aromatic nitrogens is 3. The molecule has 1 saturated heterocycles. The fourth-order valence-corrected chi connectivity index (χ4v) is 3.86. The first-order valence-electron chi connectivity index (χ1n) is 5.91. The second-order valence-electron chi connectivity index (χ2n) is 4.57. The van der Waals surface area contributed by atoms with Gasteiger partial charge in [-0.3, -0.25) is 9.59 Å². The van der Waals surface area contributed by atoms with Crippen molar-refractivity contribution in [1.82, 2.24) is 19.7 Å². The molecule has 1 amide bonds. The first kappa shape index (κ1) is 14.4. The number of rotatable bonds is 5. The van der Waals surface area contributed by atoms with Crippen LogP contribution in [-0.2, 0) is 26.0 Å². The minimum absolute atomic E-state index is 0.0234. The SMILES string of the molecule is O=C(O)CN(C(=O)Cn1cncn1)C1CCS(=O)(=O)C1. The van der Waals surface area contributed by atoms with Crippen LogP contribution in [0.15, 0.2) is 12.7 Å². The number of sulfone groups is 1. The molecule has 1 fully saturated rings. The van der Waals surface area contributed by atoms with Crippen LogP contribution in [0.2, 0.25) is 0 Å². The summed E-state index contributed by atoms with van der Waals surface area (Å²) in [4.78, 5) is 27.8. The monoisotopic (exact) mass is 302 g/mol. The van der Waals surface area contributed by atoms with Crippen molar-refractivity contribution in [2.45, 2.75) is 19.0 Å². The Morgan fingerprint density at radius 1 is 1.45 bits per heavy atom. The van der Waals surface area contributed by atoms with E-state index in [0.29, 0.717) is 0 Å². The minimum atomic E-state index is -3.19. The molecule has 0 aliphatic carbocycles. The van der Waals surface area contributed by atoms with E-state index in [1.807, 2.05) is 0 Å². The average molecular weight is 302 g/mol. The fraction of sp³-hybridized carbons (Fsp3) is 0.600. The van der Waals surface area contributed by atoms with Crippen LogP contribution in [0.5, 0.6) is 0 Å². The van der Waals surface area contributed by atoms with E-state index >= 15 is 0 Å². The molecular weight excluding hydrogens is 288 g/mol. The minimum Gasteiger partial charge on any atom is -0.480 e. The van der Waals surface area contributed by atoms with Crippen molar-refractivity contribution in [1.29, 1.82) is 0 Å². The Labute approximate surface area is 115 Å². The molecule has 20 heavy (non-hydrogen) atoms. The van der Waals surface area contributed by atoms with Crippen LogP contribution in [0.25, 0.3) is 0 Å². The predicted molar refractivity (Wildman–Crippen MR) is 66.4 cm³/mol. The standard InChI is InChI=1S/C10H14N4O5S/c15-9(3-13-7-11-6-12-13)14(4-10(16)17)8-1-2-20(18,19)5-8/h6-8H,1-5H2,(H,16,17). The molecule has 10 heteroatoms. The summed E-state index contributed by atoms with van der Waals surface area (Å²) in [6.07, 6.45) is 2.86. The maximum atomic E-state index is 12.1. The molecule has 0 spiro atoms. The summed E-state index contributed by atoms with van der Waals surface area (Å²) < 4.78 is 24.2. The summed E-state index contributed by atoms with van der Waals surface area (Å²) >= 11 is 0. The highest BCUT2D eigenvalue weighted by Crippen LogP contribution is 2.18. The largest absolute Gasteiger partial charge is 0.480 e. The van der Waals surface area contributed by atoms with Gasteiger partial charge in [-0.2, -0.15) is 5.10 Å². The Kier molecular flexibility index (Phi) is 4.02. The smallest absolute Gasteiger partial charge is 0.323 e. The molecule has 0 saturated carbocycles. The summed E-state index contributed by atoms with van der Waals surface area (Å²) in [7, 11) is -3.19. The van der Waals surface area contributed by atoms with E-state index in [0.717, 1.165) is 4.90 Å². The molecule has 9 nitrogen and oxygen atoms in total. The van der Waals surface area contributed by atoms with Crippen molar-refractivity contribution in [3.63, 3.8) is 0 Å². The van der Waals surface area contributed by atoms with Crippen molar-refractivity contribution in [2.24, 2.45) is 0 Å². The van der Waals surface area contributed by atoms with Crippen LogP contribution in [0.4, 0.5) is 0 Å². The topological polar surface area (TPSA) is 122 Å². The number of aliphatic carboxylic acids is 1. The lowest BCUT2D eigenvalue weighted by atomic mass is 10.2. The van der Waals surface area contributed by atoms with Gasteiger partial charge in [-0.1, -0.05) is 0 Å². The van der Waals surface area contributed by atoms with E-state index < -0.39 is 34.3 Å². The van der Waals surface area contributed by atoms with Gasteiger partial charge in [0.05, 0.1) is 11.5 Å². The zero-order valence-electron chi connectivity index (χ0n) is 10.5. The van der Waals surface area contributed by atoms with Crippen LogP contribution in [-0.4, -0.2) is 69.2 Å². The van der Waals surface area contributed by atoms with Crippen molar-refractivity contribution >= 4 is 21.7 Å². The van der Waals surface area contributed by atoms with E-state index in [1.54, 1.807) is 0 Å². The first-order valence-corrected chi connectivity index (χ1v) is 7.73. The summed E-state index contributed by atoms with van der Waals surface area (Å²) in [6, 6.07) is -0.591. The molecule has 110 valence electrons. The Morgan fingerprint density at radius 3 is 2.70 bits per heavy atom. The van der Waals surface area contributed by atoms with Gasteiger partial charge in [0.15, 0.2) is 9.84 Å². The second-order valence-corrected chi connectivity index (χ2v) is 6.79. The summed E-state index contributed by atoms with van der Waals surface area (Å²) in [6.45, 7) is -0.683. The van der Waals surface area contributed by atoms with Gasteiger partial charge in [0.25, 0.3) is 0 Å². The zero-order chi connectivity index (χ0) is 14.8. The van der Waals surface area contributed by atoms with Crippen molar-refractivity contribution in [3.8, 4) is 0 Å². The first-order chi connectivity index (χ1) is 9.37. The normalized spacial score (nSPS) is 20.7. The molecule has 1 aromatic heterocycles. The maximum absolute atomic E-state index is 12.1. The van der Waals surface area contributed by atoms with E-state index in [1.165, 1.54) is 17.3 Å². The summed E-state index contributed by atoms with van der Waals surface area (Å²) in [5.41, 5.74) is 0. The third kappa shape index (κ3) is 3.53. The van der Waals surface area contributed by atoms with Gasteiger partial charge in [-0.15, -0.1) is 0 Å². The Bertz CT molecular complexity index is 597. The third-order valence-corrected chi connectivity index (χ3v) is 4.79. The molecule has 1 aliphatic rings. The highest BCUT2D eigenvalue weighted by Gasteiger charge is 2.35. The molecule has 0 aromatic carbocycles. The average Bonchev–Trinajstić information content (AvgIpc) is 2.95. The molecule has 2 rings (SSSR count). The number of hydrogen-bond acceptors (Lipinski definition) is 6. The molecule has 0 bridgehead atoms. The molecule has 2 heterocycles. The van der Waals surface area contributed by atoms with Gasteiger partial charge < -0.3 is 10.0 Å². The number of carbonyl (C=O) groups excluding carboxylic acids is 1. The van der Waals surface area contributed by atoms with Crippen LogP contribution < -0.4 is 0 Å². The highest BCUT2D eigenvalue weighted by molar-refractivity contribution is 7.91. The molecule has 1 unspecified atom stereocenters. The molecule has 1 aromatic rings. The van der Waals surface area contributed by atoms with E-state index in [-0.39, 0.29) is 24.5 Å². The Morgan fingerprint density at radius 2 is 2.20 bits per heavy atom. The van der Waals surface area contributed by atoms with Crippen LogP contribution in [0, 0.1) is 0 Å². The zero-order valence-corrected chi connectivity index (χ0v) is 11.4. The number of carbonyl (C=O) groups is 2. The number of carboxylic acids is 1. The van der Waals surface area contributed by atoms with E-state index in [4.69, 9.17) is 5.11 Å². The van der Waals surface area contributed by atoms with Crippen molar-refractivity contribution in [3.05, 3.63) is 12.7 Å². The number of carboxylic acid groups (broad SMARTS) is 1. The molecule has 1 atom stereocenters. The van der Waals surface area contributed by atoms with Gasteiger partial charge in [-0.25, -0.2) is 18.1 Å². The number of hydrogen-bond donors (Lipinski definition) is 1. The Hall–Kier alpha value is -1.97. The molecular formula is C10H14N4O5S. The van der Waals surface area contributed by atoms with E-state index in [9.17, 15) is 18.0 Å². The third-order valence-electron chi connectivity index (χ3n) is 3.04. The lowest BCUT2D eigenvalue weighted by Crippen LogP contribution is -2.45. The summed E-state index contributed by atoms with van der Waals surface area (Å²) in [5, 5.41) is 12.6. The number of amides is 1. The van der Waals surface area contributed by atoms with Crippen LogP contribution in [0.3, 0.4) is 0 Å². The van der Waals surface area contributed by atoms with Crippen molar-refractivity contribution in [2.75, 3.05) is 18.1 Å². The molecule has 0 radical (unpaired) electrons. The predicted octanol–water partition coefficient (Wildman–Crippen LogP) is -1.62. The lowest BCUT2D eigenvalue weighted by molar-refractivity contribution is -0.146. The van der Waals surface area contributed by atoms with Crippen LogP contribution in [0.1, 0.15) is 6.42 Å². The van der Waals surface area contributed by atoms with Gasteiger partial charge in [0.1, 0.15) is 25.7 Å². The summed E-state index contributed by atoms with van der Waals surface area (Å²) in [5.74, 6) is -1.88. The van der Waals surface area contributed by atoms with Gasteiger partial charge in [0.2, 0.25) is 5.91 Å². The quantitative estimate of drug-likeness (QED) is 0.693. The Balaban J connectivity index is 2.11. The second kappa shape index (κ2) is 5.57. The fourth-order valence-electron chi connectivity index (χ4n) is 2.13. The van der Waals surface area contributed by atoms with Gasteiger partial charge in [-0.05, 0) is 6.42 Å². The molecule has 1 aliphatic heterocycles. The maximum Gasteiger partial charge on any atom is 0.323 e. The highest BCUT2D eigenvalue weighted by atomic mass is 32.2. The lowest BCUT2D eigenvalue weighted by Gasteiger charge is -2.26. The van der Waals surface area contributed by atoms with Gasteiger partial charge >= 0.3 is 5.97 Å². The van der Waals surface area contributed by atoms with Crippen LogP contribution >= 0.6 is 0 Å². The van der Waals surface area contributed by atoms with Gasteiger partial charge in [0, 0.05) is 6.04 Å². The van der Waals surface area contributed by atoms with E-state index in [2.05, 4.69) is 10.1 Å². The number of nitrogens with zero attached hydrogens (tertiary/aromatic N) is 4.